The Balaban J connectivity index is 1.79. The molecule has 35 heavy (non-hydrogen) atoms. The number of rotatable bonds is 12. The molecule has 0 spiro atoms. The van der Waals surface area contributed by atoms with Gasteiger partial charge in [-0.15, -0.1) is 0 Å². The van der Waals surface area contributed by atoms with Gasteiger partial charge in [0.1, 0.15) is 12.4 Å². The second-order valence-corrected chi connectivity index (χ2v) is 9.33. The number of nitrogens with one attached hydrogen (secondary N) is 1. The van der Waals surface area contributed by atoms with Crippen molar-refractivity contribution < 1.29 is 14.3 Å². The second kappa shape index (κ2) is 12.0. The van der Waals surface area contributed by atoms with Crippen LogP contribution in [0, 0.1) is 5.41 Å². The highest BCUT2D eigenvalue weighted by atomic mass is 35.5. The Labute approximate surface area is 209 Å². The van der Waals surface area contributed by atoms with Gasteiger partial charge in [-0.05, 0) is 36.6 Å². The molecule has 0 aliphatic rings. The first-order valence-corrected chi connectivity index (χ1v) is 11.9. The number of aromatic nitrogens is 3. The molecule has 0 radical (unpaired) electrons. The van der Waals surface area contributed by atoms with Crippen LogP contribution < -0.4 is 16.0 Å². The van der Waals surface area contributed by atoms with E-state index < -0.39 is 11.3 Å². The van der Waals surface area contributed by atoms with Crippen LogP contribution in [0.1, 0.15) is 39.2 Å². The van der Waals surface area contributed by atoms with Crippen LogP contribution in [0.2, 0.25) is 5.02 Å². The number of benzene rings is 1. The van der Waals surface area contributed by atoms with E-state index in [-0.39, 0.29) is 5.56 Å². The Bertz CT molecular complexity index is 1210. The van der Waals surface area contributed by atoms with Crippen molar-refractivity contribution in [3.63, 3.8) is 0 Å². The molecule has 186 valence electrons. The summed E-state index contributed by atoms with van der Waals surface area (Å²) in [5.74, 6) is 0.387. The van der Waals surface area contributed by atoms with Crippen LogP contribution in [0.25, 0.3) is 22.6 Å². The van der Waals surface area contributed by atoms with Crippen molar-refractivity contribution in [1.82, 2.24) is 15.0 Å². The van der Waals surface area contributed by atoms with Crippen LogP contribution in [0.4, 0.5) is 0 Å². The number of pyridine rings is 1. The molecule has 2 heterocycles. The number of aromatic amines is 1. The Morgan fingerprint density at radius 1 is 1.14 bits per heavy atom. The van der Waals surface area contributed by atoms with E-state index in [0.29, 0.717) is 53.2 Å². The van der Waals surface area contributed by atoms with Crippen molar-refractivity contribution in [1.29, 1.82) is 0 Å². The van der Waals surface area contributed by atoms with Crippen molar-refractivity contribution in [2.75, 3.05) is 19.8 Å². The van der Waals surface area contributed by atoms with Gasteiger partial charge in [0.05, 0.1) is 17.3 Å². The van der Waals surface area contributed by atoms with Gasteiger partial charge in [-0.1, -0.05) is 44.9 Å². The Morgan fingerprint density at radius 2 is 1.94 bits per heavy atom. The second-order valence-electron chi connectivity index (χ2n) is 8.92. The summed E-state index contributed by atoms with van der Waals surface area (Å²) in [6.45, 7) is 7.31. The van der Waals surface area contributed by atoms with Crippen LogP contribution in [0.5, 0.6) is 5.88 Å². The van der Waals surface area contributed by atoms with E-state index in [1.165, 1.54) is 6.07 Å². The molecule has 1 aromatic carbocycles. The lowest BCUT2D eigenvalue weighted by atomic mass is 9.85. The maximum Gasteiger partial charge on any atom is 0.251 e. The summed E-state index contributed by atoms with van der Waals surface area (Å²) < 4.78 is 11.1. The van der Waals surface area contributed by atoms with Gasteiger partial charge in [-0.2, -0.15) is 0 Å². The van der Waals surface area contributed by atoms with E-state index in [0.717, 1.165) is 25.0 Å². The van der Waals surface area contributed by atoms with Crippen molar-refractivity contribution >= 4 is 17.5 Å². The van der Waals surface area contributed by atoms with E-state index in [4.69, 9.17) is 26.8 Å². The number of unbranched alkanes of at least 4 members (excludes halogenated alkanes) is 1. The van der Waals surface area contributed by atoms with Crippen molar-refractivity contribution in [3.8, 4) is 28.5 Å². The van der Waals surface area contributed by atoms with Gasteiger partial charge >= 0.3 is 0 Å². The molecule has 0 atom stereocenters. The fourth-order valence-electron chi connectivity index (χ4n) is 3.37. The summed E-state index contributed by atoms with van der Waals surface area (Å²) in [4.78, 5) is 35.8. The average molecular weight is 499 g/mol. The standard InChI is InChI=1S/C26H31ClN4O4/c1-4-5-10-34-11-12-35-23-9-7-18(16-29-23)21-14-22(32)31-24(30-21)19-13-17(6-8-20(19)27)15-26(2,3)25(28)33/h6-9,13-14,16H,4-5,10-12,15H2,1-3H3,(H2,28,33)(H,30,31,32). The fraction of sp³-hybridized carbons (Fsp3) is 0.385. The number of hydrogen-bond acceptors (Lipinski definition) is 6. The zero-order valence-corrected chi connectivity index (χ0v) is 21.0. The quantitative estimate of drug-likeness (QED) is 0.357. The molecule has 0 saturated heterocycles. The minimum absolute atomic E-state index is 0.320. The van der Waals surface area contributed by atoms with Gasteiger partial charge in [0.25, 0.3) is 5.56 Å². The number of amides is 1. The normalized spacial score (nSPS) is 11.4. The third kappa shape index (κ3) is 7.37. The number of nitrogens with zero attached hydrogens (tertiary/aromatic N) is 2. The van der Waals surface area contributed by atoms with Gasteiger partial charge in [0.2, 0.25) is 11.8 Å². The first-order chi connectivity index (χ1) is 16.7. The molecule has 9 heteroatoms. The summed E-state index contributed by atoms with van der Waals surface area (Å²) in [5, 5.41) is 0.425. The summed E-state index contributed by atoms with van der Waals surface area (Å²) in [7, 11) is 0. The predicted molar refractivity (Wildman–Crippen MR) is 136 cm³/mol. The summed E-state index contributed by atoms with van der Waals surface area (Å²) in [5.41, 5.74) is 6.97. The van der Waals surface area contributed by atoms with Crippen LogP contribution in [0.15, 0.2) is 47.4 Å². The van der Waals surface area contributed by atoms with Crippen molar-refractivity contribution in [3.05, 3.63) is 63.5 Å². The van der Waals surface area contributed by atoms with Gasteiger partial charge in [-0.25, -0.2) is 9.97 Å². The smallest absolute Gasteiger partial charge is 0.251 e. The molecule has 3 rings (SSSR count). The molecule has 0 aliphatic heterocycles. The van der Waals surface area contributed by atoms with Crippen molar-refractivity contribution in [2.45, 2.75) is 40.0 Å². The minimum atomic E-state index is -0.731. The lowest BCUT2D eigenvalue weighted by Crippen LogP contribution is -2.33. The maximum atomic E-state index is 12.4. The molecule has 3 N–H and O–H groups in total. The molecular formula is C26H31ClN4O4. The molecular weight excluding hydrogens is 468 g/mol. The molecule has 0 bridgehead atoms. The van der Waals surface area contributed by atoms with E-state index in [1.54, 1.807) is 38.2 Å². The van der Waals surface area contributed by atoms with Crippen LogP contribution in [-0.2, 0) is 16.0 Å². The first-order valence-electron chi connectivity index (χ1n) is 11.6. The van der Waals surface area contributed by atoms with Crippen LogP contribution in [0.3, 0.4) is 0 Å². The molecule has 0 aliphatic carbocycles. The Kier molecular flexibility index (Phi) is 9.01. The van der Waals surface area contributed by atoms with E-state index in [1.807, 2.05) is 12.1 Å². The third-order valence-corrected chi connectivity index (χ3v) is 5.82. The summed E-state index contributed by atoms with van der Waals surface area (Å²) >= 11 is 6.43. The average Bonchev–Trinajstić information content (AvgIpc) is 2.82. The number of halogens is 1. The van der Waals surface area contributed by atoms with Gasteiger partial charge in [0, 0.05) is 41.5 Å². The highest BCUT2D eigenvalue weighted by Gasteiger charge is 2.25. The number of carbonyl (C=O) groups excluding carboxylic acids is 1. The molecule has 1 amide bonds. The SMILES string of the molecule is CCCCOCCOc1ccc(-c2cc(=O)[nH]c(-c3cc(CC(C)(C)C(N)=O)ccc3Cl)n2)cn1. The summed E-state index contributed by atoms with van der Waals surface area (Å²) in [6.07, 6.45) is 4.14. The summed E-state index contributed by atoms with van der Waals surface area (Å²) in [6, 6.07) is 10.3. The molecule has 8 nitrogen and oxygen atoms in total. The van der Waals surface area contributed by atoms with Gasteiger partial charge in [0.15, 0.2) is 0 Å². The predicted octanol–water partition coefficient (Wildman–Crippen LogP) is 4.40. The number of H-pyrrole nitrogens is 1. The molecule has 0 saturated carbocycles. The largest absolute Gasteiger partial charge is 0.475 e. The lowest BCUT2D eigenvalue weighted by Gasteiger charge is -2.20. The lowest BCUT2D eigenvalue weighted by molar-refractivity contribution is -0.125. The topological polar surface area (TPSA) is 120 Å². The van der Waals surface area contributed by atoms with Crippen molar-refractivity contribution in [2.24, 2.45) is 11.1 Å². The monoisotopic (exact) mass is 498 g/mol. The first kappa shape index (κ1) is 26.4. The van der Waals surface area contributed by atoms with E-state index in [2.05, 4.69) is 21.9 Å². The Morgan fingerprint density at radius 3 is 2.63 bits per heavy atom. The number of carbonyl (C=O) groups is 1. The van der Waals surface area contributed by atoms with E-state index in [9.17, 15) is 9.59 Å². The molecule has 0 unspecified atom stereocenters. The Hall–Kier alpha value is -3.23. The molecule has 0 fully saturated rings. The molecule has 3 aromatic rings. The van der Waals surface area contributed by atoms with Gasteiger partial charge < -0.3 is 20.2 Å². The number of ether oxygens (including phenoxy) is 2. The zero-order chi connectivity index (χ0) is 25.4. The maximum absolute atomic E-state index is 12.4. The fourth-order valence-corrected chi connectivity index (χ4v) is 3.57. The molecule has 2 aromatic heterocycles. The minimum Gasteiger partial charge on any atom is -0.475 e. The van der Waals surface area contributed by atoms with Crippen LogP contribution in [-0.4, -0.2) is 40.7 Å². The van der Waals surface area contributed by atoms with Crippen LogP contribution >= 0.6 is 11.6 Å². The van der Waals surface area contributed by atoms with E-state index >= 15 is 0 Å². The van der Waals surface area contributed by atoms with Gasteiger partial charge in [-0.3, -0.25) is 9.59 Å². The highest BCUT2D eigenvalue weighted by molar-refractivity contribution is 6.33. The zero-order valence-electron chi connectivity index (χ0n) is 20.3. The highest BCUT2D eigenvalue weighted by Crippen LogP contribution is 2.30. The number of primary amides is 1. The third-order valence-electron chi connectivity index (χ3n) is 5.49. The number of hydrogen-bond donors (Lipinski definition) is 2. The number of nitrogens with two attached hydrogens (primary N) is 1.